The summed E-state index contributed by atoms with van der Waals surface area (Å²) >= 11 is 0. The lowest BCUT2D eigenvalue weighted by Gasteiger charge is -2.03. The fourth-order valence-electron chi connectivity index (χ4n) is 1.70. The van der Waals surface area contributed by atoms with Gasteiger partial charge in [-0.2, -0.15) is 4.99 Å². The highest BCUT2D eigenvalue weighted by Gasteiger charge is 2.22. The molecule has 2 aromatic rings. The molecule has 2 rings (SSSR count). The van der Waals surface area contributed by atoms with Crippen LogP contribution in [-0.2, 0) is 18.4 Å². The van der Waals surface area contributed by atoms with Crippen molar-refractivity contribution in [1.29, 1.82) is 0 Å². The third-order valence-corrected chi connectivity index (χ3v) is 2.57. The number of isocyanates is 1. The molecular formula is C13H11N3O4. The van der Waals surface area contributed by atoms with E-state index in [4.69, 9.17) is 9.84 Å². The summed E-state index contributed by atoms with van der Waals surface area (Å²) in [5.41, 5.74) is 0.526. The van der Waals surface area contributed by atoms with Gasteiger partial charge in [0.25, 0.3) is 5.88 Å². The van der Waals surface area contributed by atoms with Crippen LogP contribution in [0, 0.1) is 0 Å². The molecule has 0 fully saturated rings. The number of aliphatic imine (C=N–C) groups is 1. The molecule has 0 atom stereocenters. The van der Waals surface area contributed by atoms with Crippen LogP contribution < -0.4 is 4.74 Å². The molecule has 0 aliphatic carbocycles. The highest BCUT2D eigenvalue weighted by molar-refractivity contribution is 5.93. The van der Waals surface area contributed by atoms with E-state index in [1.165, 1.54) is 13.1 Å². The number of hydrogen-bond acceptors (Lipinski definition) is 5. The summed E-state index contributed by atoms with van der Waals surface area (Å²) in [7, 11) is 1.43. The molecule has 0 aliphatic heterocycles. The van der Waals surface area contributed by atoms with E-state index < -0.39 is 5.97 Å². The van der Waals surface area contributed by atoms with Gasteiger partial charge in [0.2, 0.25) is 6.08 Å². The molecule has 0 bridgehead atoms. The highest BCUT2D eigenvalue weighted by Crippen LogP contribution is 2.30. The molecule has 0 spiro atoms. The van der Waals surface area contributed by atoms with E-state index in [0.717, 1.165) is 10.2 Å². The predicted octanol–water partition coefficient (Wildman–Crippen LogP) is 1.66. The predicted molar refractivity (Wildman–Crippen MR) is 68.7 cm³/mol. The third kappa shape index (κ3) is 2.73. The van der Waals surface area contributed by atoms with Crippen LogP contribution in [0.15, 0.2) is 35.3 Å². The lowest BCUT2D eigenvalue weighted by atomic mass is 10.2. The number of rotatable bonds is 5. The van der Waals surface area contributed by atoms with Gasteiger partial charge in [0, 0.05) is 7.05 Å². The van der Waals surface area contributed by atoms with Gasteiger partial charge >= 0.3 is 5.97 Å². The number of aryl methyl sites for hydroxylation is 1. The number of aromatic nitrogens is 2. The van der Waals surface area contributed by atoms with Crippen molar-refractivity contribution in [2.24, 2.45) is 12.0 Å². The van der Waals surface area contributed by atoms with E-state index in [0.29, 0.717) is 0 Å². The van der Waals surface area contributed by atoms with Crippen LogP contribution in [0.1, 0.15) is 16.1 Å². The van der Waals surface area contributed by atoms with Crippen molar-refractivity contribution in [2.45, 2.75) is 6.61 Å². The summed E-state index contributed by atoms with van der Waals surface area (Å²) in [5.74, 6) is -1.26. The number of carboxylic acid groups (broad SMARTS) is 1. The quantitative estimate of drug-likeness (QED) is 0.660. The number of aromatic carboxylic acids is 1. The zero-order valence-corrected chi connectivity index (χ0v) is 10.6. The van der Waals surface area contributed by atoms with E-state index in [9.17, 15) is 9.59 Å². The van der Waals surface area contributed by atoms with Gasteiger partial charge in [0.1, 0.15) is 6.61 Å². The van der Waals surface area contributed by atoms with Gasteiger partial charge in [0.15, 0.2) is 11.4 Å². The van der Waals surface area contributed by atoms with E-state index in [2.05, 4.69) is 10.1 Å². The molecule has 0 aliphatic rings. The molecular weight excluding hydrogens is 262 g/mol. The van der Waals surface area contributed by atoms with Crippen molar-refractivity contribution in [1.82, 2.24) is 9.78 Å². The Kier molecular flexibility index (Phi) is 3.93. The van der Waals surface area contributed by atoms with Crippen molar-refractivity contribution in [3.63, 3.8) is 0 Å². The van der Waals surface area contributed by atoms with Crippen LogP contribution >= 0.6 is 0 Å². The van der Waals surface area contributed by atoms with E-state index in [1.807, 2.05) is 30.3 Å². The van der Waals surface area contributed by atoms with Crippen LogP contribution in [0.25, 0.3) is 0 Å². The molecule has 1 heterocycles. The van der Waals surface area contributed by atoms with Crippen LogP contribution in [0.5, 0.6) is 5.88 Å². The largest absolute Gasteiger partial charge is 0.476 e. The maximum atomic E-state index is 11.1. The van der Waals surface area contributed by atoms with Gasteiger partial charge in [-0.3, -0.25) is 4.68 Å². The molecule has 20 heavy (non-hydrogen) atoms. The normalized spacial score (nSPS) is 9.85. The number of nitrogens with zero attached hydrogens (tertiary/aromatic N) is 3. The van der Waals surface area contributed by atoms with Crippen molar-refractivity contribution in [3.05, 3.63) is 41.6 Å². The summed E-state index contributed by atoms with van der Waals surface area (Å²) in [6.07, 6.45) is 1.31. The SMILES string of the molecule is Cn1nc(OCc2ccccc2)c(N=C=O)c1C(=O)O. The van der Waals surface area contributed by atoms with Gasteiger partial charge in [-0.1, -0.05) is 30.3 Å². The van der Waals surface area contributed by atoms with Crippen LogP contribution in [0.2, 0.25) is 0 Å². The number of carbonyl (C=O) groups is 1. The smallest absolute Gasteiger partial charge is 0.356 e. The molecule has 7 heteroatoms. The number of ether oxygens (including phenoxy) is 1. The Morgan fingerprint density at radius 1 is 1.45 bits per heavy atom. The first-order chi connectivity index (χ1) is 9.63. The molecule has 1 aromatic carbocycles. The second-order valence-electron chi connectivity index (χ2n) is 3.91. The molecule has 1 N–H and O–H groups in total. The fourth-order valence-corrected chi connectivity index (χ4v) is 1.70. The topological polar surface area (TPSA) is 93.8 Å². The Morgan fingerprint density at radius 3 is 2.75 bits per heavy atom. The standard InChI is InChI=1S/C13H11N3O4/c1-16-11(13(18)19)10(14-8-17)12(15-16)20-7-9-5-3-2-4-6-9/h2-6H,7H2,1H3,(H,18,19). The minimum Gasteiger partial charge on any atom is -0.476 e. The van der Waals surface area contributed by atoms with Gasteiger partial charge in [-0.15, -0.1) is 5.10 Å². The molecule has 0 saturated carbocycles. The molecule has 0 amide bonds. The highest BCUT2D eigenvalue weighted by atomic mass is 16.5. The summed E-state index contributed by atoms with van der Waals surface area (Å²) in [6, 6.07) is 9.27. The van der Waals surface area contributed by atoms with E-state index in [1.54, 1.807) is 0 Å². The summed E-state index contributed by atoms with van der Waals surface area (Å²) in [4.78, 5) is 24.9. The summed E-state index contributed by atoms with van der Waals surface area (Å²) in [5, 5.41) is 13.0. The zero-order valence-electron chi connectivity index (χ0n) is 10.6. The Balaban J connectivity index is 2.30. The number of hydrogen-bond donors (Lipinski definition) is 1. The molecule has 102 valence electrons. The monoisotopic (exact) mass is 273 g/mol. The second kappa shape index (κ2) is 5.81. The van der Waals surface area contributed by atoms with Crippen molar-refractivity contribution in [2.75, 3.05) is 0 Å². The minimum absolute atomic E-state index is 0.0166. The van der Waals surface area contributed by atoms with Gasteiger partial charge in [-0.25, -0.2) is 9.59 Å². The number of benzene rings is 1. The van der Waals surface area contributed by atoms with Crippen LogP contribution in [0.4, 0.5) is 5.69 Å². The number of carboxylic acids is 1. The fraction of sp³-hybridized carbons (Fsp3) is 0.154. The average Bonchev–Trinajstić information content (AvgIpc) is 2.74. The van der Waals surface area contributed by atoms with Gasteiger partial charge in [0.05, 0.1) is 0 Å². The maximum absolute atomic E-state index is 11.1. The van der Waals surface area contributed by atoms with Crippen LogP contribution in [0.3, 0.4) is 0 Å². The van der Waals surface area contributed by atoms with Gasteiger partial charge in [-0.05, 0) is 5.56 Å². The Morgan fingerprint density at radius 2 is 2.15 bits per heavy atom. The summed E-state index contributed by atoms with van der Waals surface area (Å²) in [6.45, 7) is 0.193. The lowest BCUT2D eigenvalue weighted by Crippen LogP contribution is -2.05. The first-order valence-electron chi connectivity index (χ1n) is 5.68. The van der Waals surface area contributed by atoms with Crippen LogP contribution in [-0.4, -0.2) is 26.9 Å². The summed E-state index contributed by atoms with van der Waals surface area (Å²) < 4.78 is 6.52. The number of carbonyl (C=O) groups excluding carboxylic acids is 1. The molecule has 7 nitrogen and oxygen atoms in total. The first kappa shape index (κ1) is 13.5. The maximum Gasteiger partial charge on any atom is 0.356 e. The van der Waals surface area contributed by atoms with Gasteiger partial charge < -0.3 is 9.84 Å². The molecule has 0 saturated heterocycles. The van der Waals surface area contributed by atoms with E-state index >= 15 is 0 Å². The lowest BCUT2D eigenvalue weighted by molar-refractivity contribution is 0.0686. The average molecular weight is 273 g/mol. The van der Waals surface area contributed by atoms with Crippen molar-refractivity contribution < 1.29 is 19.4 Å². The Labute approximate surface area is 114 Å². The molecule has 0 unspecified atom stereocenters. The Bertz CT molecular complexity index is 672. The van der Waals surface area contributed by atoms with Crippen molar-refractivity contribution in [3.8, 4) is 5.88 Å². The molecule has 1 aromatic heterocycles. The first-order valence-corrected chi connectivity index (χ1v) is 5.68. The third-order valence-electron chi connectivity index (χ3n) is 2.57. The second-order valence-corrected chi connectivity index (χ2v) is 3.91. The van der Waals surface area contributed by atoms with E-state index in [-0.39, 0.29) is 23.9 Å². The Hall–Kier alpha value is -2.92. The minimum atomic E-state index is -1.25. The zero-order chi connectivity index (χ0) is 14.5. The molecule has 0 radical (unpaired) electrons. The van der Waals surface area contributed by atoms with Crippen molar-refractivity contribution >= 4 is 17.7 Å².